The summed E-state index contributed by atoms with van der Waals surface area (Å²) >= 11 is 0. The van der Waals surface area contributed by atoms with Gasteiger partial charge in [-0.1, -0.05) is 0 Å². The van der Waals surface area contributed by atoms with E-state index in [4.69, 9.17) is 9.47 Å². The molecule has 0 spiro atoms. The van der Waals surface area contributed by atoms with Gasteiger partial charge in [-0.15, -0.1) is 12.4 Å². The van der Waals surface area contributed by atoms with Gasteiger partial charge >= 0.3 is 11.9 Å². The van der Waals surface area contributed by atoms with Crippen LogP contribution in [0.5, 0.6) is 0 Å². The normalized spacial score (nSPS) is 16.6. The highest BCUT2D eigenvalue weighted by Crippen LogP contribution is 2.43. The van der Waals surface area contributed by atoms with E-state index in [1.165, 1.54) is 14.2 Å². The number of carbonyl (C=O) groups is 2. The molecule has 30 heavy (non-hydrogen) atoms. The monoisotopic (exact) mass is 444 g/mol. The molecular formula is C21H27ClF2N2O4. The van der Waals surface area contributed by atoms with Gasteiger partial charge in [0.05, 0.1) is 31.3 Å². The van der Waals surface area contributed by atoms with Gasteiger partial charge in [0, 0.05) is 37.5 Å². The summed E-state index contributed by atoms with van der Waals surface area (Å²) in [4.78, 5) is 29.1. The molecule has 2 rings (SSSR count). The smallest absolute Gasteiger partial charge is 0.336 e. The number of rotatable bonds is 6. The van der Waals surface area contributed by atoms with Crippen LogP contribution in [0.15, 0.2) is 40.7 Å². The summed E-state index contributed by atoms with van der Waals surface area (Å²) in [6, 6.07) is 2.96. The molecule has 0 saturated heterocycles. The third kappa shape index (κ3) is 5.17. The summed E-state index contributed by atoms with van der Waals surface area (Å²) in [7, 11) is 7.96. The van der Waals surface area contributed by atoms with Crippen LogP contribution >= 0.6 is 12.4 Å². The molecule has 0 bridgehead atoms. The Morgan fingerprint density at radius 3 is 2.00 bits per heavy atom. The first-order valence-corrected chi connectivity index (χ1v) is 9.07. The lowest BCUT2D eigenvalue weighted by molar-refractivity contribution is -0.137. The lowest BCUT2D eigenvalue weighted by Crippen LogP contribution is -2.35. The van der Waals surface area contributed by atoms with E-state index in [-0.39, 0.29) is 29.1 Å². The largest absolute Gasteiger partial charge is 0.466 e. The molecule has 0 aromatic heterocycles. The van der Waals surface area contributed by atoms with Crippen molar-refractivity contribution in [2.45, 2.75) is 19.3 Å². The SMILES string of the molecule is COC(=O)C1=C(C)N(C)C(CCN(C)C)=C(C(=O)OC)C1c1cc(F)cc(F)c1.Cl. The quantitative estimate of drug-likeness (QED) is 0.628. The lowest BCUT2D eigenvalue weighted by atomic mass is 9.79. The van der Waals surface area contributed by atoms with Crippen molar-refractivity contribution < 1.29 is 27.8 Å². The molecule has 0 saturated carbocycles. The minimum atomic E-state index is -1.02. The first kappa shape index (κ1) is 25.6. The van der Waals surface area contributed by atoms with Gasteiger partial charge in [0.25, 0.3) is 0 Å². The zero-order valence-corrected chi connectivity index (χ0v) is 18.7. The van der Waals surface area contributed by atoms with Crippen molar-refractivity contribution in [2.24, 2.45) is 0 Å². The number of allylic oxidation sites excluding steroid dienone is 1. The second-order valence-corrected chi connectivity index (χ2v) is 7.09. The van der Waals surface area contributed by atoms with E-state index >= 15 is 0 Å². The number of nitrogens with zero attached hydrogens (tertiary/aromatic N) is 2. The molecular weight excluding hydrogens is 418 g/mol. The molecule has 1 unspecified atom stereocenters. The Morgan fingerprint density at radius 1 is 1.03 bits per heavy atom. The summed E-state index contributed by atoms with van der Waals surface area (Å²) in [5.41, 5.74) is 1.58. The fraction of sp³-hybridized carbons (Fsp3) is 0.429. The van der Waals surface area contributed by atoms with Gasteiger partial charge in [0.2, 0.25) is 0 Å². The molecule has 0 N–H and O–H groups in total. The highest BCUT2D eigenvalue weighted by Gasteiger charge is 2.40. The van der Waals surface area contributed by atoms with Crippen LogP contribution in [-0.4, -0.2) is 63.6 Å². The van der Waals surface area contributed by atoms with Crippen LogP contribution in [0.25, 0.3) is 0 Å². The fourth-order valence-corrected chi connectivity index (χ4v) is 3.51. The van der Waals surface area contributed by atoms with Crippen molar-refractivity contribution in [3.8, 4) is 0 Å². The number of ether oxygens (including phenoxy) is 2. The van der Waals surface area contributed by atoms with Gasteiger partial charge < -0.3 is 19.3 Å². The Labute approximate surface area is 181 Å². The Balaban J connectivity index is 0.00000450. The van der Waals surface area contributed by atoms with Crippen molar-refractivity contribution in [1.82, 2.24) is 9.80 Å². The summed E-state index contributed by atoms with van der Waals surface area (Å²) in [5.74, 6) is -3.99. The molecule has 0 amide bonds. The summed E-state index contributed by atoms with van der Waals surface area (Å²) in [6.07, 6.45) is 0.466. The third-order valence-electron chi connectivity index (χ3n) is 5.01. The molecule has 1 aliphatic rings. The maximum Gasteiger partial charge on any atom is 0.336 e. The zero-order valence-electron chi connectivity index (χ0n) is 17.9. The molecule has 9 heteroatoms. The van der Waals surface area contributed by atoms with E-state index in [9.17, 15) is 18.4 Å². The Hall–Kier alpha value is -2.45. The Kier molecular flexibility index (Phi) is 8.99. The van der Waals surface area contributed by atoms with E-state index in [0.29, 0.717) is 24.4 Å². The molecule has 1 aliphatic heterocycles. The van der Waals surface area contributed by atoms with E-state index < -0.39 is 29.5 Å². The summed E-state index contributed by atoms with van der Waals surface area (Å²) in [6.45, 7) is 2.32. The number of methoxy groups -OCH3 is 2. The predicted molar refractivity (Wildman–Crippen MR) is 111 cm³/mol. The average Bonchev–Trinajstić information content (AvgIpc) is 2.66. The van der Waals surface area contributed by atoms with Crippen LogP contribution in [-0.2, 0) is 19.1 Å². The van der Waals surface area contributed by atoms with E-state index in [2.05, 4.69) is 0 Å². The molecule has 1 aromatic rings. The topological polar surface area (TPSA) is 59.1 Å². The zero-order chi connectivity index (χ0) is 21.9. The predicted octanol–water partition coefficient (Wildman–Crippen LogP) is 3.24. The fourth-order valence-electron chi connectivity index (χ4n) is 3.51. The molecule has 166 valence electrons. The number of esters is 2. The van der Waals surface area contributed by atoms with E-state index in [1.54, 1.807) is 18.9 Å². The number of hydrogen-bond acceptors (Lipinski definition) is 6. The second kappa shape index (κ2) is 10.5. The van der Waals surface area contributed by atoms with Gasteiger partial charge in [0.1, 0.15) is 11.6 Å². The second-order valence-electron chi connectivity index (χ2n) is 7.09. The Bertz CT molecular complexity index is 864. The number of hydrogen-bond donors (Lipinski definition) is 0. The van der Waals surface area contributed by atoms with Crippen LogP contribution < -0.4 is 0 Å². The number of benzene rings is 1. The molecule has 1 heterocycles. The minimum absolute atomic E-state index is 0. The molecule has 0 fully saturated rings. The molecule has 1 atom stereocenters. The summed E-state index contributed by atoms with van der Waals surface area (Å²) in [5, 5.41) is 0. The number of halogens is 3. The first-order valence-electron chi connectivity index (χ1n) is 9.07. The van der Waals surface area contributed by atoms with Crippen molar-refractivity contribution in [2.75, 3.05) is 41.9 Å². The maximum atomic E-state index is 14.0. The highest BCUT2D eigenvalue weighted by atomic mass is 35.5. The van der Waals surface area contributed by atoms with Gasteiger partial charge in [-0.3, -0.25) is 0 Å². The van der Waals surface area contributed by atoms with Gasteiger partial charge in [-0.2, -0.15) is 0 Å². The van der Waals surface area contributed by atoms with Gasteiger partial charge in [0.15, 0.2) is 0 Å². The van der Waals surface area contributed by atoms with Crippen molar-refractivity contribution in [3.63, 3.8) is 0 Å². The minimum Gasteiger partial charge on any atom is -0.466 e. The summed E-state index contributed by atoms with van der Waals surface area (Å²) < 4.78 is 37.9. The van der Waals surface area contributed by atoms with Crippen LogP contribution in [0, 0.1) is 11.6 Å². The molecule has 0 radical (unpaired) electrons. The molecule has 0 aliphatic carbocycles. The van der Waals surface area contributed by atoms with Crippen LogP contribution in [0.4, 0.5) is 8.78 Å². The standard InChI is InChI=1S/C21H26F2N2O4.ClH/c1-12-17(20(26)28-5)18(13-9-14(22)11-15(23)10-13)19(21(27)29-6)16(25(12)4)7-8-24(2)3;/h9-11,18H,7-8H2,1-6H3;1H. The van der Waals surface area contributed by atoms with Crippen LogP contribution in [0.1, 0.15) is 24.8 Å². The Morgan fingerprint density at radius 2 is 1.53 bits per heavy atom. The van der Waals surface area contributed by atoms with E-state index in [1.807, 2.05) is 19.0 Å². The van der Waals surface area contributed by atoms with Crippen molar-refractivity contribution >= 4 is 24.3 Å². The maximum absolute atomic E-state index is 14.0. The van der Waals surface area contributed by atoms with Crippen molar-refractivity contribution in [1.29, 1.82) is 0 Å². The van der Waals surface area contributed by atoms with Crippen molar-refractivity contribution in [3.05, 3.63) is 57.9 Å². The average molecular weight is 445 g/mol. The number of carbonyl (C=O) groups excluding carboxylic acids is 2. The van der Waals surface area contributed by atoms with Crippen LogP contribution in [0.3, 0.4) is 0 Å². The lowest BCUT2D eigenvalue weighted by Gasteiger charge is -2.37. The van der Waals surface area contributed by atoms with Gasteiger partial charge in [-0.05, 0) is 38.7 Å². The third-order valence-corrected chi connectivity index (χ3v) is 5.01. The van der Waals surface area contributed by atoms with Gasteiger partial charge in [-0.25, -0.2) is 18.4 Å². The first-order chi connectivity index (χ1) is 13.6. The highest BCUT2D eigenvalue weighted by molar-refractivity contribution is 5.99. The molecule has 6 nitrogen and oxygen atoms in total. The van der Waals surface area contributed by atoms with Crippen LogP contribution in [0.2, 0.25) is 0 Å². The molecule has 1 aromatic carbocycles. The van der Waals surface area contributed by atoms with E-state index in [0.717, 1.165) is 18.2 Å².